The molecule has 1 aliphatic rings. The lowest BCUT2D eigenvalue weighted by molar-refractivity contribution is 0.123. The lowest BCUT2D eigenvalue weighted by Crippen LogP contribution is -2.48. The van der Waals surface area contributed by atoms with E-state index in [0.29, 0.717) is 11.7 Å². The molecule has 2 unspecified atom stereocenters. The summed E-state index contributed by atoms with van der Waals surface area (Å²) in [6.45, 7) is 3.91. The maximum Gasteiger partial charge on any atom is 0.144 e. The highest BCUT2D eigenvalue weighted by atomic mass is 15.2. The number of likely N-dealkylation sites (tertiary alicyclic amines) is 1. The second-order valence-electron chi connectivity index (χ2n) is 5.02. The van der Waals surface area contributed by atoms with Crippen LogP contribution in [-0.4, -0.2) is 28.5 Å². The standard InChI is InChI=1S/C14H20N4/c1-11(16)14-6-2-3-8-18(14)10-12-5-4-7-17-13(12)9-15/h4-5,7,11,14H,2-3,6,8,10,16H2,1H3. The molecule has 1 fully saturated rings. The van der Waals surface area contributed by atoms with Crippen molar-refractivity contribution in [1.29, 1.82) is 5.26 Å². The Hall–Kier alpha value is -1.44. The fraction of sp³-hybridized carbons (Fsp3) is 0.571. The first-order chi connectivity index (χ1) is 8.72. The molecule has 0 saturated carbocycles. The monoisotopic (exact) mass is 244 g/mol. The highest BCUT2D eigenvalue weighted by Crippen LogP contribution is 2.21. The zero-order valence-corrected chi connectivity index (χ0v) is 10.8. The molecule has 0 aromatic carbocycles. The van der Waals surface area contributed by atoms with Crippen molar-refractivity contribution in [3.05, 3.63) is 29.6 Å². The van der Waals surface area contributed by atoms with E-state index in [4.69, 9.17) is 11.0 Å². The Morgan fingerprint density at radius 1 is 1.61 bits per heavy atom. The highest BCUT2D eigenvalue weighted by molar-refractivity contribution is 5.30. The van der Waals surface area contributed by atoms with Crippen LogP contribution in [0.1, 0.15) is 37.4 Å². The molecule has 1 aromatic rings. The van der Waals surface area contributed by atoms with Crippen molar-refractivity contribution in [2.45, 2.75) is 44.8 Å². The van der Waals surface area contributed by atoms with Crippen LogP contribution in [0.5, 0.6) is 0 Å². The van der Waals surface area contributed by atoms with E-state index < -0.39 is 0 Å². The summed E-state index contributed by atoms with van der Waals surface area (Å²) in [5, 5.41) is 9.07. The summed E-state index contributed by atoms with van der Waals surface area (Å²) in [4.78, 5) is 6.51. The summed E-state index contributed by atoms with van der Waals surface area (Å²) in [6.07, 6.45) is 5.29. The third-order valence-electron chi connectivity index (χ3n) is 3.64. The molecule has 2 N–H and O–H groups in total. The minimum absolute atomic E-state index is 0.174. The van der Waals surface area contributed by atoms with Gasteiger partial charge in [-0.3, -0.25) is 4.90 Å². The van der Waals surface area contributed by atoms with Crippen LogP contribution in [0.3, 0.4) is 0 Å². The van der Waals surface area contributed by atoms with Gasteiger partial charge in [0.05, 0.1) is 0 Å². The minimum atomic E-state index is 0.174. The maximum atomic E-state index is 9.07. The van der Waals surface area contributed by atoms with Gasteiger partial charge in [0.25, 0.3) is 0 Å². The summed E-state index contributed by atoms with van der Waals surface area (Å²) in [5.74, 6) is 0. The molecule has 1 saturated heterocycles. The lowest BCUT2D eigenvalue weighted by atomic mass is 9.96. The van der Waals surface area contributed by atoms with E-state index in [-0.39, 0.29) is 6.04 Å². The second kappa shape index (κ2) is 5.94. The van der Waals surface area contributed by atoms with Gasteiger partial charge in [-0.05, 0) is 32.4 Å². The van der Waals surface area contributed by atoms with E-state index in [1.807, 2.05) is 12.1 Å². The zero-order chi connectivity index (χ0) is 13.0. The molecule has 2 heterocycles. The Kier molecular flexibility index (Phi) is 4.29. The van der Waals surface area contributed by atoms with E-state index >= 15 is 0 Å². The molecule has 4 nitrogen and oxygen atoms in total. The number of piperidine rings is 1. The first-order valence-corrected chi connectivity index (χ1v) is 6.56. The average Bonchev–Trinajstić information content (AvgIpc) is 2.40. The number of nitriles is 1. The summed E-state index contributed by atoms with van der Waals surface area (Å²) < 4.78 is 0. The van der Waals surface area contributed by atoms with Gasteiger partial charge in [0.2, 0.25) is 0 Å². The van der Waals surface area contributed by atoms with Gasteiger partial charge in [0.15, 0.2) is 0 Å². The Morgan fingerprint density at radius 3 is 3.17 bits per heavy atom. The van der Waals surface area contributed by atoms with Crippen LogP contribution in [0.2, 0.25) is 0 Å². The summed E-state index contributed by atoms with van der Waals surface area (Å²) >= 11 is 0. The van der Waals surface area contributed by atoms with E-state index in [1.165, 1.54) is 12.8 Å². The summed E-state index contributed by atoms with van der Waals surface area (Å²) in [7, 11) is 0. The number of nitrogens with zero attached hydrogens (tertiary/aromatic N) is 3. The molecule has 0 aliphatic carbocycles. The van der Waals surface area contributed by atoms with Crippen molar-refractivity contribution in [3.63, 3.8) is 0 Å². The Bertz CT molecular complexity index is 436. The topological polar surface area (TPSA) is 65.9 Å². The van der Waals surface area contributed by atoms with Gasteiger partial charge in [-0.25, -0.2) is 4.98 Å². The molecule has 2 atom stereocenters. The number of aromatic nitrogens is 1. The van der Waals surface area contributed by atoms with E-state index in [0.717, 1.165) is 25.1 Å². The van der Waals surface area contributed by atoms with Crippen LogP contribution >= 0.6 is 0 Å². The van der Waals surface area contributed by atoms with Crippen molar-refractivity contribution < 1.29 is 0 Å². The van der Waals surface area contributed by atoms with Crippen molar-refractivity contribution in [2.24, 2.45) is 5.73 Å². The van der Waals surface area contributed by atoms with Gasteiger partial charge < -0.3 is 5.73 Å². The predicted octanol–water partition coefficient (Wildman–Crippen LogP) is 1.65. The van der Waals surface area contributed by atoms with Gasteiger partial charge in [0.1, 0.15) is 11.8 Å². The first-order valence-electron chi connectivity index (χ1n) is 6.56. The quantitative estimate of drug-likeness (QED) is 0.878. The number of pyridine rings is 1. The van der Waals surface area contributed by atoms with Gasteiger partial charge in [-0.2, -0.15) is 5.26 Å². The average molecular weight is 244 g/mol. The van der Waals surface area contributed by atoms with Gasteiger partial charge in [-0.15, -0.1) is 0 Å². The maximum absolute atomic E-state index is 9.07. The predicted molar refractivity (Wildman–Crippen MR) is 70.7 cm³/mol. The molecule has 2 rings (SSSR count). The third-order valence-corrected chi connectivity index (χ3v) is 3.64. The van der Waals surface area contributed by atoms with E-state index in [2.05, 4.69) is 22.9 Å². The van der Waals surface area contributed by atoms with Crippen LogP contribution in [0, 0.1) is 11.3 Å². The number of hydrogen-bond acceptors (Lipinski definition) is 4. The van der Waals surface area contributed by atoms with Crippen molar-refractivity contribution in [3.8, 4) is 6.07 Å². The second-order valence-corrected chi connectivity index (χ2v) is 5.02. The molecular formula is C14H20N4. The molecule has 1 aromatic heterocycles. The van der Waals surface area contributed by atoms with Crippen LogP contribution in [0.4, 0.5) is 0 Å². The first kappa shape index (κ1) is 13.0. The molecular weight excluding hydrogens is 224 g/mol. The Morgan fingerprint density at radius 2 is 2.44 bits per heavy atom. The number of hydrogen-bond donors (Lipinski definition) is 1. The van der Waals surface area contributed by atoms with Crippen LogP contribution < -0.4 is 5.73 Å². The largest absolute Gasteiger partial charge is 0.327 e. The van der Waals surface area contributed by atoms with Crippen molar-refractivity contribution >= 4 is 0 Å². The highest BCUT2D eigenvalue weighted by Gasteiger charge is 2.25. The van der Waals surface area contributed by atoms with Crippen LogP contribution in [0.25, 0.3) is 0 Å². The fourth-order valence-electron chi connectivity index (χ4n) is 2.69. The lowest BCUT2D eigenvalue weighted by Gasteiger charge is -2.38. The van der Waals surface area contributed by atoms with E-state index in [1.54, 1.807) is 6.20 Å². The smallest absolute Gasteiger partial charge is 0.144 e. The molecule has 4 heteroatoms. The number of nitrogens with two attached hydrogens (primary N) is 1. The summed E-state index contributed by atoms with van der Waals surface area (Å²) in [6, 6.07) is 6.63. The Balaban J connectivity index is 2.14. The minimum Gasteiger partial charge on any atom is -0.327 e. The Labute approximate surface area is 108 Å². The molecule has 0 amide bonds. The normalized spacial score (nSPS) is 22.4. The molecule has 0 radical (unpaired) electrons. The third kappa shape index (κ3) is 2.87. The van der Waals surface area contributed by atoms with E-state index in [9.17, 15) is 0 Å². The van der Waals surface area contributed by atoms with Gasteiger partial charge in [0, 0.05) is 30.4 Å². The van der Waals surface area contributed by atoms with Crippen molar-refractivity contribution in [2.75, 3.05) is 6.54 Å². The molecule has 0 spiro atoms. The molecule has 96 valence electrons. The fourth-order valence-corrected chi connectivity index (χ4v) is 2.69. The SMILES string of the molecule is CC(N)C1CCCCN1Cc1cccnc1C#N. The molecule has 0 bridgehead atoms. The van der Waals surface area contributed by atoms with Crippen LogP contribution in [-0.2, 0) is 6.54 Å². The number of rotatable bonds is 3. The molecule has 1 aliphatic heterocycles. The summed E-state index contributed by atoms with van der Waals surface area (Å²) in [5.41, 5.74) is 7.60. The van der Waals surface area contributed by atoms with Gasteiger partial charge >= 0.3 is 0 Å². The molecule has 18 heavy (non-hydrogen) atoms. The zero-order valence-electron chi connectivity index (χ0n) is 10.8. The van der Waals surface area contributed by atoms with Gasteiger partial charge in [-0.1, -0.05) is 12.5 Å². The van der Waals surface area contributed by atoms with Crippen LogP contribution in [0.15, 0.2) is 18.3 Å². The van der Waals surface area contributed by atoms with Crippen molar-refractivity contribution in [1.82, 2.24) is 9.88 Å².